The Bertz CT molecular complexity index is 621. The molecule has 1 aliphatic rings. The highest BCUT2D eigenvalue weighted by Gasteiger charge is 2.28. The summed E-state index contributed by atoms with van der Waals surface area (Å²) in [5.41, 5.74) is 1.49. The summed E-state index contributed by atoms with van der Waals surface area (Å²) in [6, 6.07) is 7.08. The first kappa shape index (κ1) is 18.9. The summed E-state index contributed by atoms with van der Waals surface area (Å²) in [6.07, 6.45) is 0.916. The number of carbonyl (C=O) groups is 3. The van der Waals surface area contributed by atoms with Crippen molar-refractivity contribution in [1.82, 2.24) is 9.80 Å². The topological polar surface area (TPSA) is 87.2 Å². The molecule has 0 aromatic heterocycles. The fourth-order valence-corrected chi connectivity index (χ4v) is 2.88. The van der Waals surface area contributed by atoms with Crippen LogP contribution in [0.5, 0.6) is 0 Å². The molecule has 0 atom stereocenters. The molecule has 0 spiro atoms. The number of likely N-dealkylation sites (tertiary alicyclic amines) is 1. The number of carbonyl (C=O) groups excluding carboxylic acids is 2. The number of likely N-dealkylation sites (N-methyl/N-ethyl adjacent to an activating group) is 1. The number of methoxy groups -OCH3 is 1. The maximum absolute atomic E-state index is 12.4. The van der Waals surface area contributed by atoms with E-state index in [0.717, 1.165) is 5.56 Å². The van der Waals surface area contributed by atoms with E-state index in [0.29, 0.717) is 38.1 Å². The number of benzene rings is 1. The second kappa shape index (κ2) is 8.62. The molecule has 0 unspecified atom stereocenters. The van der Waals surface area contributed by atoms with Gasteiger partial charge in [0.25, 0.3) is 5.91 Å². The van der Waals surface area contributed by atoms with Crippen LogP contribution in [0.15, 0.2) is 24.3 Å². The maximum Gasteiger partial charge on any atom is 0.306 e. The van der Waals surface area contributed by atoms with Crippen molar-refractivity contribution < 1.29 is 24.2 Å². The van der Waals surface area contributed by atoms with Gasteiger partial charge < -0.3 is 19.6 Å². The Labute approximate surface area is 147 Å². The summed E-state index contributed by atoms with van der Waals surface area (Å²) in [4.78, 5) is 38.7. The number of amides is 2. The minimum Gasteiger partial charge on any atom is -0.481 e. The van der Waals surface area contributed by atoms with Crippen LogP contribution >= 0.6 is 0 Å². The van der Waals surface area contributed by atoms with E-state index in [1.807, 2.05) is 12.1 Å². The number of aliphatic carboxylic acids is 1. The minimum absolute atomic E-state index is 0.0175. The fraction of sp³-hybridized carbons (Fsp3) is 0.500. The van der Waals surface area contributed by atoms with Gasteiger partial charge in [-0.1, -0.05) is 12.1 Å². The van der Waals surface area contributed by atoms with E-state index in [2.05, 4.69) is 0 Å². The molecule has 0 saturated carbocycles. The van der Waals surface area contributed by atoms with Crippen LogP contribution in [0.25, 0.3) is 0 Å². The van der Waals surface area contributed by atoms with Crippen LogP contribution in [-0.2, 0) is 20.9 Å². The average molecular weight is 348 g/mol. The van der Waals surface area contributed by atoms with Gasteiger partial charge in [0.1, 0.15) is 0 Å². The van der Waals surface area contributed by atoms with Gasteiger partial charge in [0.2, 0.25) is 5.91 Å². The van der Waals surface area contributed by atoms with Crippen molar-refractivity contribution >= 4 is 17.8 Å². The van der Waals surface area contributed by atoms with Gasteiger partial charge in [-0.3, -0.25) is 14.4 Å². The summed E-state index contributed by atoms with van der Waals surface area (Å²) in [6.45, 7) is 1.30. The summed E-state index contributed by atoms with van der Waals surface area (Å²) >= 11 is 0. The van der Waals surface area contributed by atoms with E-state index in [9.17, 15) is 14.4 Å². The first-order valence-corrected chi connectivity index (χ1v) is 8.26. The van der Waals surface area contributed by atoms with Gasteiger partial charge in [-0.2, -0.15) is 0 Å². The van der Waals surface area contributed by atoms with E-state index in [4.69, 9.17) is 9.84 Å². The molecule has 136 valence electrons. The zero-order valence-electron chi connectivity index (χ0n) is 14.6. The Hall–Kier alpha value is -2.41. The average Bonchev–Trinajstić information content (AvgIpc) is 2.62. The molecule has 7 nitrogen and oxygen atoms in total. The van der Waals surface area contributed by atoms with Crippen molar-refractivity contribution in [1.29, 1.82) is 0 Å². The van der Waals surface area contributed by atoms with Crippen molar-refractivity contribution in [2.75, 3.05) is 33.8 Å². The highest BCUT2D eigenvalue weighted by atomic mass is 16.5. The zero-order valence-corrected chi connectivity index (χ0v) is 14.6. The monoisotopic (exact) mass is 348 g/mol. The van der Waals surface area contributed by atoms with Crippen LogP contribution in [0.1, 0.15) is 28.8 Å². The van der Waals surface area contributed by atoms with Crippen LogP contribution in [0.4, 0.5) is 0 Å². The van der Waals surface area contributed by atoms with Gasteiger partial charge in [-0.25, -0.2) is 0 Å². The van der Waals surface area contributed by atoms with Gasteiger partial charge in [-0.05, 0) is 30.5 Å². The lowest BCUT2D eigenvalue weighted by Gasteiger charge is -2.31. The summed E-state index contributed by atoms with van der Waals surface area (Å²) in [5, 5.41) is 9.00. The number of rotatable bonds is 6. The van der Waals surface area contributed by atoms with Crippen molar-refractivity contribution in [3.63, 3.8) is 0 Å². The Morgan fingerprint density at radius 3 is 2.32 bits per heavy atom. The van der Waals surface area contributed by atoms with Gasteiger partial charge in [0.15, 0.2) is 0 Å². The normalized spacial score (nSPS) is 15.0. The molecule has 25 heavy (non-hydrogen) atoms. The van der Waals surface area contributed by atoms with E-state index in [1.165, 1.54) is 4.90 Å². The molecule has 1 fully saturated rings. The van der Waals surface area contributed by atoms with Gasteiger partial charge in [0.05, 0.1) is 19.1 Å². The SMILES string of the molecule is COCc1ccc(C(=O)N(C)CC(=O)N2CCC(C(=O)O)CC2)cc1. The zero-order chi connectivity index (χ0) is 18.4. The maximum atomic E-state index is 12.4. The van der Waals surface area contributed by atoms with Crippen molar-refractivity contribution in [3.05, 3.63) is 35.4 Å². The number of carboxylic acid groups (broad SMARTS) is 1. The molecule has 0 radical (unpaired) electrons. The lowest BCUT2D eigenvalue weighted by molar-refractivity contribution is -0.145. The number of piperidine rings is 1. The Morgan fingerprint density at radius 1 is 1.20 bits per heavy atom. The Morgan fingerprint density at radius 2 is 1.80 bits per heavy atom. The largest absolute Gasteiger partial charge is 0.481 e. The van der Waals surface area contributed by atoms with Gasteiger partial charge >= 0.3 is 5.97 Å². The number of ether oxygens (including phenoxy) is 1. The summed E-state index contributed by atoms with van der Waals surface area (Å²) < 4.78 is 5.04. The predicted octanol–water partition coefficient (Wildman–Crippen LogP) is 1.23. The van der Waals surface area contributed by atoms with Crippen molar-refractivity contribution in [3.8, 4) is 0 Å². The molecule has 1 aromatic carbocycles. The number of hydrogen-bond donors (Lipinski definition) is 1. The third kappa shape index (κ3) is 5.03. The first-order chi connectivity index (χ1) is 11.9. The van der Waals surface area contributed by atoms with Crippen LogP contribution in [-0.4, -0.2) is 66.5 Å². The molecule has 1 saturated heterocycles. The fourth-order valence-electron chi connectivity index (χ4n) is 2.88. The highest BCUT2D eigenvalue weighted by molar-refractivity contribution is 5.96. The molecular formula is C18H24N2O5. The molecule has 7 heteroatoms. The van der Waals surface area contributed by atoms with Crippen molar-refractivity contribution in [2.45, 2.75) is 19.4 Å². The molecule has 1 heterocycles. The smallest absolute Gasteiger partial charge is 0.306 e. The molecule has 1 N–H and O–H groups in total. The second-order valence-corrected chi connectivity index (χ2v) is 6.28. The van der Waals surface area contributed by atoms with Crippen LogP contribution in [0.3, 0.4) is 0 Å². The second-order valence-electron chi connectivity index (χ2n) is 6.28. The van der Waals surface area contributed by atoms with E-state index >= 15 is 0 Å². The molecule has 1 aromatic rings. The van der Waals surface area contributed by atoms with Crippen LogP contribution < -0.4 is 0 Å². The Balaban J connectivity index is 1.88. The Kier molecular flexibility index (Phi) is 6.52. The van der Waals surface area contributed by atoms with E-state index in [-0.39, 0.29) is 24.3 Å². The quantitative estimate of drug-likeness (QED) is 0.835. The summed E-state index contributed by atoms with van der Waals surface area (Å²) in [5.74, 6) is -1.57. The highest BCUT2D eigenvalue weighted by Crippen LogP contribution is 2.17. The van der Waals surface area contributed by atoms with Crippen LogP contribution in [0, 0.1) is 5.92 Å². The van der Waals surface area contributed by atoms with E-state index < -0.39 is 5.97 Å². The first-order valence-electron chi connectivity index (χ1n) is 8.26. The number of carboxylic acids is 1. The molecule has 2 rings (SSSR count). The minimum atomic E-state index is -0.809. The van der Waals surface area contributed by atoms with E-state index in [1.54, 1.807) is 31.2 Å². The molecule has 1 aliphatic heterocycles. The van der Waals surface area contributed by atoms with Crippen LogP contribution in [0.2, 0.25) is 0 Å². The molecule has 0 bridgehead atoms. The lowest BCUT2D eigenvalue weighted by atomic mass is 9.97. The number of hydrogen-bond acceptors (Lipinski definition) is 4. The van der Waals surface area contributed by atoms with Gasteiger partial charge in [-0.15, -0.1) is 0 Å². The number of nitrogens with zero attached hydrogens (tertiary/aromatic N) is 2. The third-order valence-electron chi connectivity index (χ3n) is 4.43. The standard InChI is InChI=1S/C18H24N2O5/c1-19(17(22)14-5-3-13(4-6-14)12-25-2)11-16(21)20-9-7-15(8-10-20)18(23)24/h3-6,15H,7-12H2,1-2H3,(H,23,24). The lowest BCUT2D eigenvalue weighted by Crippen LogP contribution is -2.45. The van der Waals surface area contributed by atoms with Crippen molar-refractivity contribution in [2.24, 2.45) is 5.92 Å². The molecular weight excluding hydrogens is 324 g/mol. The molecule has 0 aliphatic carbocycles. The van der Waals surface area contributed by atoms with Gasteiger partial charge in [0, 0.05) is 32.8 Å². The predicted molar refractivity (Wildman–Crippen MR) is 91.1 cm³/mol. The molecule has 2 amide bonds. The summed E-state index contributed by atoms with van der Waals surface area (Å²) in [7, 11) is 3.20. The third-order valence-corrected chi connectivity index (χ3v) is 4.43.